The van der Waals surface area contributed by atoms with Crippen LogP contribution >= 0.6 is 0 Å². The molecule has 1 aromatic heterocycles. The molecule has 1 atom stereocenters. The van der Waals surface area contributed by atoms with Crippen LogP contribution in [-0.4, -0.2) is 32.3 Å². The number of aryl methyl sites for hydroxylation is 2. The molecule has 1 unspecified atom stereocenters. The number of nitrogens with one attached hydrogen (secondary N) is 1. The smallest absolute Gasteiger partial charge is 0.239 e. The van der Waals surface area contributed by atoms with E-state index in [1.165, 1.54) is 0 Å². The summed E-state index contributed by atoms with van der Waals surface area (Å²) in [5.41, 5.74) is 4.71. The van der Waals surface area contributed by atoms with Gasteiger partial charge in [0.05, 0.1) is 6.54 Å². The average molecular weight is 267 g/mol. The van der Waals surface area contributed by atoms with Gasteiger partial charge in [-0.15, -0.1) is 0 Å². The first kappa shape index (κ1) is 15.6. The summed E-state index contributed by atoms with van der Waals surface area (Å²) in [7, 11) is 0. The van der Waals surface area contributed by atoms with Crippen LogP contribution in [0.1, 0.15) is 46.3 Å². The van der Waals surface area contributed by atoms with Gasteiger partial charge in [-0.3, -0.25) is 10.1 Å². The van der Waals surface area contributed by atoms with Gasteiger partial charge in [0.2, 0.25) is 5.91 Å². The Morgan fingerprint density at radius 2 is 2.05 bits per heavy atom. The highest BCUT2D eigenvalue weighted by Gasteiger charge is 2.33. The molecule has 0 radical (unpaired) electrons. The van der Waals surface area contributed by atoms with Gasteiger partial charge in [-0.1, -0.05) is 13.8 Å². The minimum atomic E-state index is -0.823. The molecule has 3 N–H and O–H groups in total. The number of primary amides is 1. The van der Waals surface area contributed by atoms with E-state index in [-0.39, 0.29) is 11.9 Å². The van der Waals surface area contributed by atoms with E-state index in [9.17, 15) is 4.79 Å². The Kier molecular flexibility index (Phi) is 5.05. The number of carbonyl (C=O) groups is 1. The van der Waals surface area contributed by atoms with E-state index in [1.54, 1.807) is 4.68 Å². The molecule has 0 aliphatic rings. The molecular weight excluding hydrogens is 242 g/mol. The van der Waals surface area contributed by atoms with Gasteiger partial charge in [-0.2, -0.15) is 5.10 Å². The minimum absolute atomic E-state index is 0.164. The Balaban J connectivity index is 3.02. The molecule has 1 amide bonds. The maximum Gasteiger partial charge on any atom is 0.239 e. The number of nitrogens with zero attached hydrogens (tertiary/aromatic N) is 3. The minimum Gasteiger partial charge on any atom is -0.368 e. The molecule has 0 spiro atoms. The lowest BCUT2D eigenvalue weighted by atomic mass is 10.0. The maximum atomic E-state index is 11.7. The van der Waals surface area contributed by atoms with Gasteiger partial charge in [-0.25, -0.2) is 9.67 Å². The van der Waals surface area contributed by atoms with E-state index < -0.39 is 5.54 Å². The fourth-order valence-electron chi connectivity index (χ4n) is 2.10. The van der Waals surface area contributed by atoms with Gasteiger partial charge < -0.3 is 5.73 Å². The summed E-state index contributed by atoms with van der Waals surface area (Å²) in [4.78, 5) is 16.2. The molecule has 0 aliphatic heterocycles. The van der Waals surface area contributed by atoms with Gasteiger partial charge in [0.25, 0.3) is 0 Å². The van der Waals surface area contributed by atoms with Crippen LogP contribution in [0.5, 0.6) is 0 Å². The van der Waals surface area contributed by atoms with Gasteiger partial charge in [-0.05, 0) is 20.8 Å². The third-order valence-electron chi connectivity index (χ3n) is 3.04. The fraction of sp³-hybridized carbons (Fsp3) is 0.769. The van der Waals surface area contributed by atoms with E-state index in [4.69, 9.17) is 5.73 Å². The van der Waals surface area contributed by atoms with Crippen molar-refractivity contribution in [3.8, 4) is 0 Å². The Hall–Kier alpha value is -1.43. The van der Waals surface area contributed by atoms with E-state index in [1.807, 2.05) is 34.6 Å². The zero-order valence-electron chi connectivity index (χ0n) is 12.5. The first-order valence-corrected chi connectivity index (χ1v) is 6.82. The highest BCUT2D eigenvalue weighted by molar-refractivity contribution is 5.84. The Morgan fingerprint density at radius 1 is 1.42 bits per heavy atom. The van der Waals surface area contributed by atoms with Gasteiger partial charge in [0.1, 0.15) is 11.4 Å². The zero-order valence-corrected chi connectivity index (χ0v) is 12.5. The summed E-state index contributed by atoms with van der Waals surface area (Å²) in [6.45, 7) is 10.2. The summed E-state index contributed by atoms with van der Waals surface area (Å²) in [6, 6.07) is 0.164. The summed E-state index contributed by atoms with van der Waals surface area (Å²) in [5, 5.41) is 7.65. The second-order valence-electron chi connectivity index (χ2n) is 5.30. The average Bonchev–Trinajstić information content (AvgIpc) is 2.69. The summed E-state index contributed by atoms with van der Waals surface area (Å²) < 4.78 is 1.79. The van der Waals surface area contributed by atoms with E-state index >= 15 is 0 Å². The SMILES string of the molecule is CCc1nc(CC)n(CC(C)(NC(C)C)C(N)=O)n1. The molecule has 0 aromatic carbocycles. The molecule has 0 bridgehead atoms. The van der Waals surface area contributed by atoms with Crippen LogP contribution < -0.4 is 11.1 Å². The van der Waals surface area contributed by atoms with Crippen LogP contribution in [0.4, 0.5) is 0 Å². The molecule has 108 valence electrons. The zero-order chi connectivity index (χ0) is 14.6. The van der Waals surface area contributed by atoms with Crippen molar-refractivity contribution < 1.29 is 4.79 Å². The van der Waals surface area contributed by atoms with Crippen molar-refractivity contribution in [1.82, 2.24) is 20.1 Å². The van der Waals surface area contributed by atoms with Crippen LogP contribution in [0.2, 0.25) is 0 Å². The molecule has 19 heavy (non-hydrogen) atoms. The fourth-order valence-corrected chi connectivity index (χ4v) is 2.10. The van der Waals surface area contributed by atoms with Crippen LogP contribution in [0.15, 0.2) is 0 Å². The largest absolute Gasteiger partial charge is 0.368 e. The topological polar surface area (TPSA) is 85.8 Å². The molecule has 1 rings (SSSR count). The molecule has 0 aliphatic carbocycles. The second-order valence-corrected chi connectivity index (χ2v) is 5.30. The number of amides is 1. The highest BCUT2D eigenvalue weighted by atomic mass is 16.1. The lowest BCUT2D eigenvalue weighted by molar-refractivity contribution is -0.124. The van der Waals surface area contributed by atoms with Gasteiger partial charge >= 0.3 is 0 Å². The number of rotatable bonds is 7. The quantitative estimate of drug-likeness (QED) is 0.759. The predicted molar refractivity (Wildman–Crippen MR) is 74.6 cm³/mol. The molecule has 6 nitrogen and oxygen atoms in total. The van der Waals surface area contributed by atoms with Gasteiger partial charge in [0, 0.05) is 18.9 Å². The molecular formula is C13H25N5O. The lowest BCUT2D eigenvalue weighted by Crippen LogP contribution is -2.58. The monoisotopic (exact) mass is 267 g/mol. The number of hydrogen-bond donors (Lipinski definition) is 2. The summed E-state index contributed by atoms with van der Waals surface area (Å²) in [5.74, 6) is 1.31. The van der Waals surface area contributed by atoms with Crippen LogP contribution in [-0.2, 0) is 24.2 Å². The van der Waals surface area contributed by atoms with Gasteiger partial charge in [0.15, 0.2) is 5.82 Å². The van der Waals surface area contributed by atoms with Crippen LogP contribution in [0, 0.1) is 0 Å². The normalized spacial score (nSPS) is 14.6. The first-order valence-electron chi connectivity index (χ1n) is 6.82. The Labute approximate surface area is 114 Å². The van der Waals surface area contributed by atoms with Crippen molar-refractivity contribution in [2.45, 2.75) is 65.6 Å². The third-order valence-corrected chi connectivity index (χ3v) is 3.04. The molecule has 1 heterocycles. The standard InChI is InChI=1S/C13H25N5O/c1-6-10-15-11(7-2)18(17-10)8-13(5,12(14)19)16-9(3)4/h9,16H,6-8H2,1-5H3,(H2,14,19). The first-order chi connectivity index (χ1) is 8.82. The van der Waals surface area contributed by atoms with E-state index in [2.05, 4.69) is 15.4 Å². The molecule has 1 aromatic rings. The van der Waals surface area contributed by atoms with Crippen LogP contribution in [0.25, 0.3) is 0 Å². The van der Waals surface area contributed by atoms with E-state index in [0.717, 1.165) is 24.5 Å². The second kappa shape index (κ2) is 6.14. The molecule has 0 saturated heterocycles. The number of carbonyl (C=O) groups excluding carboxylic acids is 1. The third kappa shape index (κ3) is 3.76. The summed E-state index contributed by atoms with van der Waals surface area (Å²) in [6.07, 6.45) is 1.56. The van der Waals surface area contributed by atoms with Crippen molar-refractivity contribution in [3.63, 3.8) is 0 Å². The number of hydrogen-bond acceptors (Lipinski definition) is 4. The van der Waals surface area contributed by atoms with Crippen LogP contribution in [0.3, 0.4) is 0 Å². The predicted octanol–water partition coefficient (Wildman–Crippen LogP) is 0.645. The van der Waals surface area contributed by atoms with Crippen molar-refractivity contribution in [2.24, 2.45) is 5.73 Å². The van der Waals surface area contributed by atoms with Crippen molar-refractivity contribution in [2.75, 3.05) is 0 Å². The highest BCUT2D eigenvalue weighted by Crippen LogP contribution is 2.11. The summed E-state index contributed by atoms with van der Waals surface area (Å²) >= 11 is 0. The Morgan fingerprint density at radius 3 is 2.47 bits per heavy atom. The molecule has 0 fully saturated rings. The van der Waals surface area contributed by atoms with E-state index in [0.29, 0.717) is 6.54 Å². The Bertz CT molecular complexity index is 440. The van der Waals surface area contributed by atoms with Crippen molar-refractivity contribution >= 4 is 5.91 Å². The molecule has 6 heteroatoms. The van der Waals surface area contributed by atoms with Crippen molar-refractivity contribution in [1.29, 1.82) is 0 Å². The lowest BCUT2D eigenvalue weighted by Gasteiger charge is -2.30. The molecule has 0 saturated carbocycles. The number of aromatic nitrogens is 3. The number of nitrogens with two attached hydrogens (primary N) is 1. The maximum absolute atomic E-state index is 11.7. The van der Waals surface area contributed by atoms with Crippen molar-refractivity contribution in [3.05, 3.63) is 11.6 Å².